The molecule has 11 heteroatoms. The number of nitro benzene ring substituents is 1. The van der Waals surface area contributed by atoms with Gasteiger partial charge in [0.15, 0.2) is 5.13 Å². The number of carbonyl (C=O) groups is 1. The molecular weight excluding hydrogens is 464 g/mol. The van der Waals surface area contributed by atoms with Gasteiger partial charge in [-0.3, -0.25) is 20.2 Å². The van der Waals surface area contributed by atoms with Crippen LogP contribution in [0.25, 0.3) is 11.3 Å². The van der Waals surface area contributed by atoms with Crippen LogP contribution in [0.5, 0.6) is 0 Å². The second-order valence-electron chi connectivity index (χ2n) is 7.64. The number of hydrogen-bond donors (Lipinski definition) is 1. The normalized spacial score (nSPS) is 15.0. The van der Waals surface area contributed by atoms with Crippen LogP contribution >= 0.6 is 11.3 Å². The fourth-order valence-electron chi connectivity index (χ4n) is 3.60. The van der Waals surface area contributed by atoms with Crippen LogP contribution in [0.2, 0.25) is 0 Å². The number of aromatic nitrogens is 1. The molecule has 1 N–H and O–H groups in total. The lowest BCUT2D eigenvalue weighted by Crippen LogP contribution is -2.31. The molecule has 0 unspecified atom stereocenters. The van der Waals surface area contributed by atoms with E-state index in [0.29, 0.717) is 23.9 Å². The number of nitro groups is 1. The van der Waals surface area contributed by atoms with Gasteiger partial charge in [-0.2, -0.15) is 4.31 Å². The van der Waals surface area contributed by atoms with Crippen LogP contribution in [0, 0.1) is 10.1 Å². The van der Waals surface area contributed by atoms with Gasteiger partial charge in [0.05, 0.1) is 15.5 Å². The van der Waals surface area contributed by atoms with E-state index < -0.39 is 20.9 Å². The van der Waals surface area contributed by atoms with E-state index in [1.165, 1.54) is 35.6 Å². The SMILES string of the molecule is O=C(Nc1nc(-c2ccc(S(=O)(=O)N3CCCCCC3)cc2)cs1)c1ccc([N+](=O)[O-])cc1. The fraction of sp³-hybridized carbons (Fsp3) is 0.273. The Labute approximate surface area is 195 Å². The van der Waals surface area contributed by atoms with Gasteiger partial charge in [-0.15, -0.1) is 11.3 Å². The average Bonchev–Trinajstić information content (AvgIpc) is 3.10. The minimum atomic E-state index is -3.52. The van der Waals surface area contributed by atoms with E-state index in [1.807, 2.05) is 0 Å². The highest BCUT2D eigenvalue weighted by atomic mass is 32.2. The summed E-state index contributed by atoms with van der Waals surface area (Å²) in [4.78, 5) is 27.3. The molecule has 2 heterocycles. The van der Waals surface area contributed by atoms with Gasteiger partial charge in [-0.05, 0) is 37.1 Å². The minimum absolute atomic E-state index is 0.0932. The van der Waals surface area contributed by atoms with Crippen molar-refractivity contribution in [2.24, 2.45) is 0 Å². The van der Waals surface area contributed by atoms with Crippen LogP contribution < -0.4 is 5.32 Å². The van der Waals surface area contributed by atoms with E-state index in [2.05, 4.69) is 10.3 Å². The molecule has 1 aliphatic heterocycles. The van der Waals surface area contributed by atoms with Gasteiger partial charge in [0.25, 0.3) is 11.6 Å². The van der Waals surface area contributed by atoms with Gasteiger partial charge in [0, 0.05) is 41.7 Å². The molecule has 2 aromatic carbocycles. The first-order valence-electron chi connectivity index (χ1n) is 10.5. The Kier molecular flexibility index (Phi) is 6.82. The molecule has 33 heavy (non-hydrogen) atoms. The number of nitrogens with one attached hydrogen (secondary N) is 1. The molecule has 9 nitrogen and oxygen atoms in total. The van der Waals surface area contributed by atoms with Crippen LogP contribution in [0.1, 0.15) is 36.0 Å². The Balaban J connectivity index is 1.45. The lowest BCUT2D eigenvalue weighted by Gasteiger charge is -2.19. The highest BCUT2D eigenvalue weighted by Crippen LogP contribution is 2.28. The van der Waals surface area contributed by atoms with Gasteiger partial charge in [-0.1, -0.05) is 25.0 Å². The van der Waals surface area contributed by atoms with Gasteiger partial charge in [-0.25, -0.2) is 13.4 Å². The Morgan fingerprint density at radius 1 is 1.00 bits per heavy atom. The van der Waals surface area contributed by atoms with E-state index in [-0.39, 0.29) is 16.1 Å². The molecule has 0 saturated carbocycles. The second-order valence-corrected chi connectivity index (χ2v) is 10.4. The van der Waals surface area contributed by atoms with Crippen molar-refractivity contribution in [3.05, 3.63) is 69.6 Å². The predicted octanol–water partition coefficient (Wildman–Crippen LogP) is 4.54. The second kappa shape index (κ2) is 9.77. The Hall–Kier alpha value is -3.15. The zero-order valence-corrected chi connectivity index (χ0v) is 19.3. The molecule has 172 valence electrons. The van der Waals surface area contributed by atoms with Gasteiger partial charge in [0.1, 0.15) is 0 Å². The Bertz CT molecular complexity index is 1250. The lowest BCUT2D eigenvalue weighted by molar-refractivity contribution is -0.384. The molecule has 0 atom stereocenters. The number of benzene rings is 2. The smallest absolute Gasteiger partial charge is 0.269 e. The van der Waals surface area contributed by atoms with Crippen molar-refractivity contribution < 1.29 is 18.1 Å². The van der Waals surface area contributed by atoms with Crippen LogP contribution in [-0.2, 0) is 10.0 Å². The summed E-state index contributed by atoms with van der Waals surface area (Å²) < 4.78 is 27.4. The molecule has 1 saturated heterocycles. The monoisotopic (exact) mass is 486 g/mol. The van der Waals surface area contributed by atoms with Gasteiger partial charge < -0.3 is 0 Å². The summed E-state index contributed by atoms with van der Waals surface area (Å²) in [5.41, 5.74) is 1.53. The van der Waals surface area contributed by atoms with Crippen LogP contribution in [0.3, 0.4) is 0 Å². The van der Waals surface area contributed by atoms with Crippen LogP contribution in [-0.4, -0.2) is 41.6 Å². The number of non-ortho nitro benzene ring substituents is 1. The number of carbonyl (C=O) groups excluding carboxylic acids is 1. The van der Waals surface area contributed by atoms with E-state index in [4.69, 9.17) is 0 Å². The molecule has 0 spiro atoms. The summed E-state index contributed by atoms with van der Waals surface area (Å²) in [7, 11) is -3.52. The van der Waals surface area contributed by atoms with Crippen molar-refractivity contribution in [1.29, 1.82) is 0 Å². The fourth-order valence-corrected chi connectivity index (χ4v) is 5.83. The van der Waals surface area contributed by atoms with Crippen molar-refractivity contribution in [2.75, 3.05) is 18.4 Å². The van der Waals surface area contributed by atoms with Crippen LogP contribution in [0.4, 0.5) is 10.8 Å². The van der Waals surface area contributed by atoms with Gasteiger partial charge >= 0.3 is 0 Å². The van der Waals surface area contributed by atoms with Crippen molar-refractivity contribution in [1.82, 2.24) is 9.29 Å². The molecule has 1 amide bonds. The first-order valence-corrected chi connectivity index (χ1v) is 12.8. The summed E-state index contributed by atoms with van der Waals surface area (Å²) in [6, 6.07) is 11.9. The molecule has 1 fully saturated rings. The van der Waals surface area contributed by atoms with E-state index in [1.54, 1.807) is 34.0 Å². The maximum atomic E-state index is 12.9. The zero-order valence-electron chi connectivity index (χ0n) is 17.6. The number of nitrogens with zero attached hydrogens (tertiary/aromatic N) is 3. The Morgan fingerprint density at radius 3 is 2.24 bits per heavy atom. The molecule has 4 rings (SSSR count). The Morgan fingerprint density at radius 2 is 1.64 bits per heavy atom. The van der Waals surface area contributed by atoms with Gasteiger partial charge in [0.2, 0.25) is 10.0 Å². The topological polar surface area (TPSA) is 123 Å². The van der Waals surface area contributed by atoms with Crippen molar-refractivity contribution in [2.45, 2.75) is 30.6 Å². The number of amides is 1. The first kappa shape index (κ1) is 23.0. The van der Waals surface area contributed by atoms with Crippen molar-refractivity contribution >= 4 is 38.1 Å². The predicted molar refractivity (Wildman–Crippen MR) is 126 cm³/mol. The molecule has 0 radical (unpaired) electrons. The van der Waals surface area contributed by atoms with E-state index in [0.717, 1.165) is 31.2 Å². The largest absolute Gasteiger partial charge is 0.298 e. The zero-order chi connectivity index (χ0) is 23.4. The number of hydrogen-bond acceptors (Lipinski definition) is 7. The summed E-state index contributed by atoms with van der Waals surface area (Å²) >= 11 is 1.23. The summed E-state index contributed by atoms with van der Waals surface area (Å²) in [5, 5.41) is 15.6. The number of thiazole rings is 1. The molecular formula is C22H22N4O5S2. The lowest BCUT2D eigenvalue weighted by atomic mass is 10.2. The number of sulfonamides is 1. The highest BCUT2D eigenvalue weighted by Gasteiger charge is 2.25. The summed E-state index contributed by atoms with van der Waals surface area (Å²) in [5.74, 6) is -0.426. The third-order valence-electron chi connectivity index (χ3n) is 5.42. The molecule has 0 bridgehead atoms. The molecule has 0 aliphatic carbocycles. The van der Waals surface area contributed by atoms with Crippen molar-refractivity contribution in [3.63, 3.8) is 0 Å². The molecule has 3 aromatic rings. The first-order chi connectivity index (χ1) is 15.8. The third-order valence-corrected chi connectivity index (χ3v) is 8.09. The van der Waals surface area contributed by atoms with E-state index >= 15 is 0 Å². The maximum Gasteiger partial charge on any atom is 0.269 e. The quantitative estimate of drug-likeness (QED) is 0.403. The molecule has 1 aromatic heterocycles. The standard InChI is InChI=1S/C22H22N4O5S2/c27-21(17-5-9-18(10-6-17)26(28)29)24-22-23-20(15-32-22)16-7-11-19(12-8-16)33(30,31)25-13-3-1-2-4-14-25/h5-12,15H,1-4,13-14H2,(H,23,24,27). The van der Waals surface area contributed by atoms with Crippen molar-refractivity contribution in [3.8, 4) is 11.3 Å². The maximum absolute atomic E-state index is 12.9. The number of rotatable bonds is 6. The summed E-state index contributed by atoms with van der Waals surface area (Å²) in [6.07, 6.45) is 3.87. The highest BCUT2D eigenvalue weighted by molar-refractivity contribution is 7.89. The minimum Gasteiger partial charge on any atom is -0.298 e. The van der Waals surface area contributed by atoms with E-state index in [9.17, 15) is 23.3 Å². The average molecular weight is 487 g/mol. The van der Waals surface area contributed by atoms with Crippen LogP contribution in [0.15, 0.2) is 58.8 Å². The molecule has 1 aliphatic rings. The number of anilines is 1. The summed E-state index contributed by atoms with van der Waals surface area (Å²) in [6.45, 7) is 1.10. The third kappa shape index (κ3) is 5.27.